The Bertz CT molecular complexity index is 1340. The molecule has 2 heterocycles. The number of carbonyl (C=O) groups excluding carboxylic acids is 1. The highest BCUT2D eigenvalue weighted by Gasteiger charge is 2.33. The fraction of sp³-hybridized carbons (Fsp3) is 0.364. The number of methoxy groups -OCH3 is 1. The second-order valence-electron chi connectivity index (χ2n) is 7.81. The Kier molecular flexibility index (Phi) is 6.44. The number of hydrogen-bond donors (Lipinski definition) is 0. The molecular formula is C22H24ClN3O4S2. The van der Waals surface area contributed by atoms with Crippen LogP contribution in [0.3, 0.4) is 0 Å². The number of aromatic nitrogens is 1. The van der Waals surface area contributed by atoms with Crippen molar-refractivity contribution in [1.82, 2.24) is 8.87 Å². The third kappa shape index (κ3) is 4.22. The summed E-state index contributed by atoms with van der Waals surface area (Å²) in [6.45, 7) is 2.50. The van der Waals surface area contributed by atoms with Gasteiger partial charge in [-0.2, -0.15) is 9.30 Å². The van der Waals surface area contributed by atoms with Crippen molar-refractivity contribution in [3.63, 3.8) is 0 Å². The molecule has 0 bridgehead atoms. The minimum Gasteiger partial charge on any atom is -0.495 e. The number of sulfonamides is 1. The number of carbonyl (C=O) groups is 1. The number of rotatable bonds is 4. The number of aryl methyl sites for hydroxylation is 2. The maximum absolute atomic E-state index is 13.0. The van der Waals surface area contributed by atoms with Crippen molar-refractivity contribution in [3.05, 3.63) is 51.8 Å². The van der Waals surface area contributed by atoms with Crippen molar-refractivity contribution in [2.24, 2.45) is 18.0 Å². The zero-order valence-corrected chi connectivity index (χ0v) is 20.4. The number of piperidine rings is 1. The molecule has 1 atom stereocenters. The van der Waals surface area contributed by atoms with Crippen molar-refractivity contribution in [3.8, 4) is 5.75 Å². The smallest absolute Gasteiger partial charge is 0.252 e. The first-order valence-corrected chi connectivity index (χ1v) is 12.8. The molecule has 1 unspecified atom stereocenters. The molecule has 2 aromatic carbocycles. The van der Waals surface area contributed by atoms with Crippen LogP contribution in [0, 0.1) is 12.8 Å². The van der Waals surface area contributed by atoms with Gasteiger partial charge < -0.3 is 9.30 Å². The van der Waals surface area contributed by atoms with Gasteiger partial charge in [-0.25, -0.2) is 8.42 Å². The molecule has 0 radical (unpaired) electrons. The molecule has 1 saturated heterocycles. The lowest BCUT2D eigenvalue weighted by atomic mass is 9.99. The third-order valence-electron chi connectivity index (χ3n) is 5.72. The van der Waals surface area contributed by atoms with E-state index < -0.39 is 15.9 Å². The van der Waals surface area contributed by atoms with Crippen LogP contribution in [0.5, 0.6) is 5.75 Å². The minimum absolute atomic E-state index is 0.115. The molecule has 1 fully saturated rings. The number of benzene rings is 2. The van der Waals surface area contributed by atoms with Gasteiger partial charge in [-0.3, -0.25) is 4.79 Å². The molecule has 170 valence electrons. The molecular weight excluding hydrogens is 470 g/mol. The van der Waals surface area contributed by atoms with Gasteiger partial charge >= 0.3 is 0 Å². The van der Waals surface area contributed by atoms with E-state index in [2.05, 4.69) is 4.99 Å². The number of fused-ring (bicyclic) bond motifs is 1. The molecule has 3 aromatic rings. The highest BCUT2D eigenvalue weighted by atomic mass is 35.5. The Labute approximate surface area is 196 Å². The average molecular weight is 494 g/mol. The molecule has 10 heteroatoms. The molecule has 1 aliphatic heterocycles. The summed E-state index contributed by atoms with van der Waals surface area (Å²) in [5.74, 6) is -0.0741. The van der Waals surface area contributed by atoms with Crippen molar-refractivity contribution >= 4 is 49.1 Å². The van der Waals surface area contributed by atoms with Crippen LogP contribution in [0.2, 0.25) is 5.02 Å². The van der Waals surface area contributed by atoms with Crippen molar-refractivity contribution < 1.29 is 17.9 Å². The van der Waals surface area contributed by atoms with Gasteiger partial charge in [0.05, 0.1) is 22.6 Å². The van der Waals surface area contributed by atoms with Gasteiger partial charge in [0.2, 0.25) is 10.0 Å². The van der Waals surface area contributed by atoms with Crippen LogP contribution < -0.4 is 9.54 Å². The van der Waals surface area contributed by atoms with Crippen molar-refractivity contribution in [1.29, 1.82) is 0 Å². The first kappa shape index (κ1) is 23.0. The summed E-state index contributed by atoms with van der Waals surface area (Å²) in [5, 5.41) is 0.470. The predicted octanol–water partition coefficient (Wildman–Crippen LogP) is 3.74. The van der Waals surface area contributed by atoms with E-state index in [9.17, 15) is 13.2 Å². The van der Waals surface area contributed by atoms with E-state index in [1.165, 1.54) is 27.8 Å². The van der Waals surface area contributed by atoms with E-state index in [0.29, 0.717) is 29.2 Å². The Morgan fingerprint density at radius 1 is 1.22 bits per heavy atom. The van der Waals surface area contributed by atoms with Crippen LogP contribution in [0.25, 0.3) is 10.2 Å². The fourth-order valence-corrected chi connectivity index (χ4v) is 6.68. The van der Waals surface area contributed by atoms with Crippen LogP contribution in [0.15, 0.2) is 46.3 Å². The van der Waals surface area contributed by atoms with Gasteiger partial charge in [0.1, 0.15) is 11.3 Å². The second-order valence-corrected chi connectivity index (χ2v) is 11.2. The highest BCUT2D eigenvalue weighted by molar-refractivity contribution is 7.89. The summed E-state index contributed by atoms with van der Waals surface area (Å²) in [4.78, 5) is 18.2. The van der Waals surface area contributed by atoms with Gasteiger partial charge in [0, 0.05) is 25.2 Å². The topological polar surface area (TPSA) is 81.0 Å². The number of nitrogens with zero attached hydrogens (tertiary/aromatic N) is 3. The third-order valence-corrected chi connectivity index (χ3v) is 9.12. The van der Waals surface area contributed by atoms with Crippen molar-refractivity contribution in [2.75, 3.05) is 20.2 Å². The second kappa shape index (κ2) is 8.97. The Morgan fingerprint density at radius 2 is 1.94 bits per heavy atom. The Hall–Kier alpha value is -2.20. The number of ether oxygens (including phenoxy) is 1. The van der Waals surface area contributed by atoms with Crippen LogP contribution in [-0.4, -0.2) is 43.4 Å². The van der Waals surface area contributed by atoms with Crippen molar-refractivity contribution in [2.45, 2.75) is 24.7 Å². The Balaban J connectivity index is 1.63. The van der Waals surface area contributed by atoms with Crippen LogP contribution in [-0.2, 0) is 21.9 Å². The first-order chi connectivity index (χ1) is 15.2. The molecule has 1 amide bonds. The maximum Gasteiger partial charge on any atom is 0.252 e. The SMILES string of the molecule is COc1ccc(C)c2sc(=NC(=O)C3CCCN(S(=O)(=O)c4ccc(Cl)cc4)C3)n(C)c12. The fourth-order valence-electron chi connectivity index (χ4n) is 3.92. The number of hydrogen-bond acceptors (Lipinski definition) is 5. The molecule has 32 heavy (non-hydrogen) atoms. The Morgan fingerprint density at radius 3 is 2.62 bits per heavy atom. The zero-order chi connectivity index (χ0) is 23.0. The van der Waals surface area contributed by atoms with E-state index in [0.717, 1.165) is 21.5 Å². The van der Waals surface area contributed by atoms with Crippen LogP contribution in [0.1, 0.15) is 18.4 Å². The van der Waals surface area contributed by atoms with Gasteiger partial charge in [-0.1, -0.05) is 29.0 Å². The lowest BCUT2D eigenvalue weighted by Gasteiger charge is -2.30. The summed E-state index contributed by atoms with van der Waals surface area (Å²) in [5.41, 5.74) is 1.97. The van der Waals surface area contributed by atoms with E-state index in [1.54, 1.807) is 19.2 Å². The van der Waals surface area contributed by atoms with Crippen LogP contribution in [0.4, 0.5) is 0 Å². The summed E-state index contributed by atoms with van der Waals surface area (Å²) < 4.78 is 35.8. The molecule has 7 nitrogen and oxygen atoms in total. The van der Waals surface area contributed by atoms with E-state index in [1.807, 2.05) is 30.7 Å². The minimum atomic E-state index is -3.70. The molecule has 0 spiro atoms. The summed E-state index contributed by atoms with van der Waals surface area (Å²) in [7, 11) is -0.235. The molecule has 1 aromatic heterocycles. The van der Waals surface area contributed by atoms with E-state index >= 15 is 0 Å². The quantitative estimate of drug-likeness (QED) is 0.554. The maximum atomic E-state index is 13.0. The van der Waals surface area contributed by atoms with Crippen LogP contribution >= 0.6 is 22.9 Å². The molecule has 1 aliphatic rings. The zero-order valence-electron chi connectivity index (χ0n) is 18.0. The van der Waals surface area contributed by atoms with Gasteiger partial charge in [-0.15, -0.1) is 0 Å². The molecule has 4 rings (SSSR count). The molecule has 0 saturated carbocycles. The largest absolute Gasteiger partial charge is 0.495 e. The van der Waals surface area contributed by atoms with Gasteiger partial charge in [0.15, 0.2) is 4.80 Å². The summed E-state index contributed by atoms with van der Waals surface area (Å²) in [6, 6.07) is 9.95. The van der Waals surface area contributed by atoms with E-state index in [4.69, 9.17) is 16.3 Å². The first-order valence-electron chi connectivity index (χ1n) is 10.2. The normalized spacial score (nSPS) is 18.2. The van der Waals surface area contributed by atoms with Gasteiger partial charge in [-0.05, 0) is 55.7 Å². The number of halogens is 1. The molecule has 0 aliphatic carbocycles. The summed E-state index contributed by atoms with van der Waals surface area (Å²) >= 11 is 7.31. The molecule has 0 N–H and O–H groups in total. The lowest BCUT2D eigenvalue weighted by Crippen LogP contribution is -2.42. The number of thiazole rings is 1. The number of amides is 1. The standard InChI is InChI=1S/C22H24ClN3O4S2/c1-14-6-11-18(30-3)19-20(14)31-22(25(19)2)24-21(27)15-5-4-12-26(13-15)32(28,29)17-9-7-16(23)8-10-17/h6-11,15H,4-5,12-13H2,1-3H3. The summed E-state index contributed by atoms with van der Waals surface area (Å²) in [6.07, 6.45) is 1.20. The average Bonchev–Trinajstić information content (AvgIpc) is 3.11. The highest BCUT2D eigenvalue weighted by Crippen LogP contribution is 2.30. The van der Waals surface area contributed by atoms with E-state index in [-0.39, 0.29) is 17.3 Å². The monoisotopic (exact) mass is 493 g/mol. The lowest BCUT2D eigenvalue weighted by molar-refractivity contribution is -0.122. The predicted molar refractivity (Wildman–Crippen MR) is 126 cm³/mol. The van der Waals surface area contributed by atoms with Gasteiger partial charge in [0.25, 0.3) is 5.91 Å².